The molecule has 0 saturated heterocycles. The normalized spacial score (nSPS) is 22.9. The van der Waals surface area contributed by atoms with Crippen molar-refractivity contribution in [1.29, 1.82) is 0 Å². The standard InChI is InChI=1S/C15H18ClN3O/c16-12-7-5-10(6-8-12)15-18-14(20-19-15)9-11-3-1-2-4-13(11)17/h5-8,11,13H,1-4,9,17H2. The molecule has 0 aliphatic heterocycles. The Hall–Kier alpha value is -1.39. The largest absolute Gasteiger partial charge is 0.339 e. The molecular formula is C15H18ClN3O. The van der Waals surface area contributed by atoms with E-state index in [4.69, 9.17) is 21.9 Å². The first kappa shape index (κ1) is 13.6. The minimum atomic E-state index is 0.259. The summed E-state index contributed by atoms with van der Waals surface area (Å²) in [4.78, 5) is 4.46. The van der Waals surface area contributed by atoms with Gasteiger partial charge in [-0.05, 0) is 43.0 Å². The van der Waals surface area contributed by atoms with Gasteiger partial charge >= 0.3 is 0 Å². The van der Waals surface area contributed by atoms with E-state index in [1.165, 1.54) is 12.8 Å². The third-order valence-electron chi connectivity index (χ3n) is 3.98. The Balaban J connectivity index is 1.71. The van der Waals surface area contributed by atoms with Crippen molar-refractivity contribution < 1.29 is 4.52 Å². The predicted molar refractivity (Wildman–Crippen MR) is 78.4 cm³/mol. The van der Waals surface area contributed by atoms with Gasteiger partial charge in [0, 0.05) is 23.0 Å². The van der Waals surface area contributed by atoms with Gasteiger partial charge in [-0.3, -0.25) is 0 Å². The fourth-order valence-corrected chi connectivity index (χ4v) is 2.89. The van der Waals surface area contributed by atoms with Crippen molar-refractivity contribution in [3.8, 4) is 11.4 Å². The van der Waals surface area contributed by atoms with Gasteiger partial charge in [0.15, 0.2) is 0 Å². The summed E-state index contributed by atoms with van der Waals surface area (Å²) in [6.07, 6.45) is 5.51. The van der Waals surface area contributed by atoms with Gasteiger partial charge < -0.3 is 10.3 Å². The summed E-state index contributed by atoms with van der Waals surface area (Å²) >= 11 is 5.87. The third kappa shape index (κ3) is 3.02. The van der Waals surface area contributed by atoms with Crippen LogP contribution >= 0.6 is 11.6 Å². The Morgan fingerprint density at radius 1 is 1.20 bits per heavy atom. The zero-order valence-electron chi connectivity index (χ0n) is 11.3. The summed E-state index contributed by atoms with van der Waals surface area (Å²) in [5.74, 6) is 1.75. The number of hydrogen-bond donors (Lipinski definition) is 1. The first-order chi connectivity index (χ1) is 9.72. The van der Waals surface area contributed by atoms with E-state index < -0.39 is 0 Å². The zero-order chi connectivity index (χ0) is 13.9. The molecule has 0 bridgehead atoms. The fourth-order valence-electron chi connectivity index (χ4n) is 2.77. The molecule has 1 aliphatic carbocycles. The van der Waals surface area contributed by atoms with Crippen molar-refractivity contribution in [3.63, 3.8) is 0 Å². The van der Waals surface area contributed by atoms with E-state index in [2.05, 4.69) is 10.1 Å². The Kier molecular flexibility index (Phi) is 4.03. The molecule has 0 radical (unpaired) electrons. The van der Waals surface area contributed by atoms with Crippen LogP contribution in [-0.4, -0.2) is 16.2 Å². The lowest BCUT2D eigenvalue weighted by Gasteiger charge is -2.27. The molecule has 0 spiro atoms. The average Bonchev–Trinajstić information content (AvgIpc) is 2.91. The van der Waals surface area contributed by atoms with E-state index in [1.54, 1.807) is 0 Å². The van der Waals surface area contributed by atoms with Crippen molar-refractivity contribution in [2.45, 2.75) is 38.1 Å². The van der Waals surface area contributed by atoms with E-state index in [-0.39, 0.29) is 6.04 Å². The Labute approximate surface area is 123 Å². The molecule has 106 valence electrons. The maximum atomic E-state index is 6.16. The van der Waals surface area contributed by atoms with Crippen LogP contribution in [0, 0.1) is 5.92 Å². The van der Waals surface area contributed by atoms with Gasteiger partial charge in [-0.25, -0.2) is 0 Å². The van der Waals surface area contributed by atoms with E-state index in [0.29, 0.717) is 22.7 Å². The summed E-state index contributed by atoms with van der Waals surface area (Å²) < 4.78 is 5.35. The van der Waals surface area contributed by atoms with Crippen LogP contribution in [0.1, 0.15) is 31.6 Å². The summed E-state index contributed by atoms with van der Waals surface area (Å²) in [5, 5.41) is 4.74. The molecule has 1 saturated carbocycles. The number of nitrogens with zero attached hydrogens (tertiary/aromatic N) is 2. The monoisotopic (exact) mass is 291 g/mol. The lowest BCUT2D eigenvalue weighted by atomic mass is 9.83. The van der Waals surface area contributed by atoms with Crippen LogP contribution in [0.3, 0.4) is 0 Å². The van der Waals surface area contributed by atoms with Crippen LogP contribution in [-0.2, 0) is 6.42 Å². The highest BCUT2D eigenvalue weighted by atomic mass is 35.5. The summed E-state index contributed by atoms with van der Waals surface area (Å²) in [7, 11) is 0. The second-order valence-corrected chi connectivity index (χ2v) is 5.87. The number of aromatic nitrogens is 2. The van der Waals surface area contributed by atoms with Gasteiger partial charge in [-0.2, -0.15) is 4.98 Å². The van der Waals surface area contributed by atoms with Crippen molar-refractivity contribution in [3.05, 3.63) is 35.2 Å². The van der Waals surface area contributed by atoms with Crippen molar-refractivity contribution in [2.75, 3.05) is 0 Å². The summed E-state index contributed by atoms with van der Waals surface area (Å²) in [6.45, 7) is 0. The molecule has 5 heteroatoms. The van der Waals surface area contributed by atoms with Crippen LogP contribution in [0.5, 0.6) is 0 Å². The Bertz CT molecular complexity index is 567. The Morgan fingerprint density at radius 3 is 2.70 bits per heavy atom. The maximum Gasteiger partial charge on any atom is 0.227 e. The molecule has 1 aromatic carbocycles. The van der Waals surface area contributed by atoms with E-state index in [1.807, 2.05) is 24.3 Å². The van der Waals surface area contributed by atoms with Crippen LogP contribution in [0.4, 0.5) is 0 Å². The summed E-state index contributed by atoms with van der Waals surface area (Å²) in [5.41, 5.74) is 7.07. The topological polar surface area (TPSA) is 64.9 Å². The molecular weight excluding hydrogens is 274 g/mol. The number of rotatable bonds is 3. The first-order valence-electron chi connectivity index (χ1n) is 7.06. The third-order valence-corrected chi connectivity index (χ3v) is 4.23. The van der Waals surface area contributed by atoms with Crippen LogP contribution in [0.15, 0.2) is 28.8 Å². The van der Waals surface area contributed by atoms with Gasteiger partial charge in [0.1, 0.15) is 0 Å². The highest BCUT2D eigenvalue weighted by Gasteiger charge is 2.24. The van der Waals surface area contributed by atoms with Crippen molar-refractivity contribution in [2.24, 2.45) is 11.7 Å². The second kappa shape index (κ2) is 5.94. The van der Waals surface area contributed by atoms with Crippen molar-refractivity contribution in [1.82, 2.24) is 10.1 Å². The highest BCUT2D eigenvalue weighted by molar-refractivity contribution is 6.30. The molecule has 2 atom stereocenters. The minimum absolute atomic E-state index is 0.259. The van der Waals surface area contributed by atoms with Crippen LogP contribution in [0.2, 0.25) is 5.02 Å². The number of hydrogen-bond acceptors (Lipinski definition) is 4. The van der Waals surface area contributed by atoms with E-state index >= 15 is 0 Å². The first-order valence-corrected chi connectivity index (χ1v) is 7.44. The molecule has 1 aromatic heterocycles. The van der Waals surface area contributed by atoms with Gasteiger partial charge in [-0.15, -0.1) is 0 Å². The lowest BCUT2D eigenvalue weighted by molar-refractivity contribution is 0.273. The smallest absolute Gasteiger partial charge is 0.227 e. The molecule has 1 heterocycles. The highest BCUT2D eigenvalue weighted by Crippen LogP contribution is 2.26. The average molecular weight is 292 g/mol. The molecule has 3 rings (SSSR count). The minimum Gasteiger partial charge on any atom is -0.339 e. The second-order valence-electron chi connectivity index (χ2n) is 5.43. The molecule has 1 fully saturated rings. The van der Waals surface area contributed by atoms with Crippen molar-refractivity contribution >= 4 is 11.6 Å². The van der Waals surface area contributed by atoms with Gasteiger partial charge in [0.2, 0.25) is 11.7 Å². The quantitative estimate of drug-likeness (QED) is 0.940. The summed E-state index contributed by atoms with van der Waals surface area (Å²) in [6, 6.07) is 7.69. The number of nitrogens with two attached hydrogens (primary N) is 1. The molecule has 20 heavy (non-hydrogen) atoms. The van der Waals surface area contributed by atoms with Gasteiger partial charge in [-0.1, -0.05) is 29.6 Å². The van der Waals surface area contributed by atoms with E-state index in [0.717, 1.165) is 24.8 Å². The zero-order valence-corrected chi connectivity index (χ0v) is 12.0. The number of halogens is 1. The molecule has 2 aromatic rings. The van der Waals surface area contributed by atoms with Gasteiger partial charge in [0.25, 0.3) is 0 Å². The van der Waals surface area contributed by atoms with E-state index in [9.17, 15) is 0 Å². The lowest BCUT2D eigenvalue weighted by Crippen LogP contribution is -2.34. The van der Waals surface area contributed by atoms with Crippen LogP contribution in [0.25, 0.3) is 11.4 Å². The maximum absolute atomic E-state index is 6.16. The molecule has 2 unspecified atom stereocenters. The molecule has 1 aliphatic rings. The Morgan fingerprint density at radius 2 is 1.95 bits per heavy atom. The molecule has 2 N–H and O–H groups in total. The molecule has 0 amide bonds. The van der Waals surface area contributed by atoms with Crippen LogP contribution < -0.4 is 5.73 Å². The number of benzene rings is 1. The fraction of sp³-hybridized carbons (Fsp3) is 0.467. The predicted octanol–water partition coefficient (Wildman–Crippen LogP) is 3.45. The van der Waals surface area contributed by atoms with Gasteiger partial charge in [0.05, 0.1) is 0 Å². The molecule has 4 nitrogen and oxygen atoms in total. The SMILES string of the molecule is NC1CCCCC1Cc1nc(-c2ccc(Cl)cc2)no1.